The van der Waals surface area contributed by atoms with E-state index in [0.717, 1.165) is 0 Å². The van der Waals surface area contributed by atoms with Crippen LogP contribution >= 0.6 is 0 Å². The van der Waals surface area contributed by atoms with Gasteiger partial charge in [0.1, 0.15) is 0 Å². The molecular formula is C11H15N3O5. The molecule has 0 radical (unpaired) electrons. The van der Waals surface area contributed by atoms with Gasteiger partial charge in [0.05, 0.1) is 0 Å². The minimum Gasteiger partial charge on any atom is -0.492 e. The van der Waals surface area contributed by atoms with Crippen LogP contribution in [0, 0.1) is 0 Å². The molecule has 8 nitrogen and oxygen atoms in total. The van der Waals surface area contributed by atoms with Crippen LogP contribution in [0.15, 0.2) is 12.1 Å². The molecule has 2 N–H and O–H groups in total. The van der Waals surface area contributed by atoms with Crippen molar-refractivity contribution in [2.24, 2.45) is 0 Å². The van der Waals surface area contributed by atoms with E-state index in [1.54, 1.807) is 4.90 Å². The molecule has 19 heavy (non-hydrogen) atoms. The Labute approximate surface area is 109 Å². The topological polar surface area (TPSA) is 95.2 Å². The first-order valence-electron chi connectivity index (χ1n) is 5.81. The molecule has 1 aromatic rings. The number of aromatic nitrogens is 1. The van der Waals surface area contributed by atoms with Crippen LogP contribution in [0.25, 0.3) is 0 Å². The van der Waals surface area contributed by atoms with E-state index in [1.807, 2.05) is 0 Å². The molecule has 0 bridgehead atoms. The van der Waals surface area contributed by atoms with Crippen LogP contribution in [0.1, 0.15) is 6.92 Å². The maximum absolute atomic E-state index is 11.8. The molecule has 2 amide bonds. The van der Waals surface area contributed by atoms with E-state index in [9.17, 15) is 19.8 Å². The van der Waals surface area contributed by atoms with E-state index in [4.69, 9.17) is 4.84 Å². The van der Waals surface area contributed by atoms with Gasteiger partial charge in [-0.2, -0.15) is 0 Å². The fourth-order valence-corrected chi connectivity index (χ4v) is 1.84. The largest absolute Gasteiger partial charge is 0.492 e. The second-order valence-electron chi connectivity index (χ2n) is 4.19. The highest BCUT2D eigenvalue weighted by molar-refractivity contribution is 5.74. The van der Waals surface area contributed by atoms with E-state index in [1.165, 1.54) is 24.0 Å². The normalized spacial score (nSPS) is 15.4. The van der Waals surface area contributed by atoms with E-state index in [2.05, 4.69) is 0 Å². The van der Waals surface area contributed by atoms with Crippen LogP contribution in [0.2, 0.25) is 0 Å². The van der Waals surface area contributed by atoms with Gasteiger partial charge in [0, 0.05) is 45.2 Å². The lowest BCUT2D eigenvalue weighted by Gasteiger charge is -2.33. The van der Waals surface area contributed by atoms with Crippen LogP contribution in [0.4, 0.5) is 4.79 Å². The molecule has 1 aliphatic rings. The Bertz CT molecular complexity index is 471. The van der Waals surface area contributed by atoms with Gasteiger partial charge in [0.2, 0.25) is 17.7 Å². The molecule has 0 atom stereocenters. The molecule has 0 unspecified atom stereocenters. The highest BCUT2D eigenvalue weighted by atomic mass is 16.7. The zero-order valence-corrected chi connectivity index (χ0v) is 10.4. The van der Waals surface area contributed by atoms with Crippen molar-refractivity contribution in [1.29, 1.82) is 0 Å². The Hall–Kier alpha value is -2.38. The fraction of sp³-hybridized carbons (Fsp3) is 0.455. The Morgan fingerprint density at radius 1 is 1.05 bits per heavy atom. The van der Waals surface area contributed by atoms with Gasteiger partial charge in [0.25, 0.3) is 0 Å². The van der Waals surface area contributed by atoms with E-state index in [-0.39, 0.29) is 17.7 Å². The van der Waals surface area contributed by atoms with Gasteiger partial charge in [-0.3, -0.25) is 4.79 Å². The molecule has 1 aliphatic heterocycles. The molecule has 1 saturated heterocycles. The summed E-state index contributed by atoms with van der Waals surface area (Å²) in [6.45, 7) is 3.05. The Morgan fingerprint density at radius 2 is 1.53 bits per heavy atom. The number of amides is 2. The predicted molar refractivity (Wildman–Crippen MR) is 63.6 cm³/mol. The number of hydrogen-bond acceptors (Lipinski definition) is 5. The third kappa shape index (κ3) is 2.72. The first-order valence-corrected chi connectivity index (χ1v) is 5.81. The molecule has 0 saturated carbocycles. The lowest BCUT2D eigenvalue weighted by molar-refractivity contribution is -0.130. The summed E-state index contributed by atoms with van der Waals surface area (Å²) in [4.78, 5) is 30.8. The summed E-state index contributed by atoms with van der Waals surface area (Å²) in [5.41, 5.74) is 0. The number of piperazine rings is 1. The molecule has 0 spiro atoms. The molecule has 1 fully saturated rings. The third-order valence-corrected chi connectivity index (χ3v) is 2.95. The second-order valence-corrected chi connectivity index (χ2v) is 4.19. The maximum atomic E-state index is 11.8. The van der Waals surface area contributed by atoms with Gasteiger partial charge >= 0.3 is 6.09 Å². The average Bonchev–Trinajstić information content (AvgIpc) is 2.70. The molecule has 0 aromatic carbocycles. The maximum Gasteiger partial charge on any atom is 0.434 e. The smallest absolute Gasteiger partial charge is 0.434 e. The van der Waals surface area contributed by atoms with Crippen molar-refractivity contribution in [3.8, 4) is 11.8 Å². The van der Waals surface area contributed by atoms with Gasteiger partial charge in [-0.15, -0.1) is 4.73 Å². The number of aromatic hydroxyl groups is 2. The summed E-state index contributed by atoms with van der Waals surface area (Å²) in [6, 6.07) is 2.41. The van der Waals surface area contributed by atoms with Crippen LogP contribution in [0.3, 0.4) is 0 Å². The summed E-state index contributed by atoms with van der Waals surface area (Å²) in [7, 11) is 0. The fourth-order valence-electron chi connectivity index (χ4n) is 1.84. The zero-order valence-electron chi connectivity index (χ0n) is 10.4. The Kier molecular flexibility index (Phi) is 3.50. The average molecular weight is 269 g/mol. The highest BCUT2D eigenvalue weighted by Gasteiger charge is 2.25. The van der Waals surface area contributed by atoms with Crippen molar-refractivity contribution in [2.75, 3.05) is 26.2 Å². The summed E-state index contributed by atoms with van der Waals surface area (Å²) in [5.74, 6) is -0.768. The predicted octanol–water partition coefficient (Wildman–Crippen LogP) is -0.388. The Morgan fingerprint density at radius 3 is 2.00 bits per heavy atom. The molecule has 2 rings (SSSR count). The summed E-state index contributed by atoms with van der Waals surface area (Å²) in [6.07, 6.45) is -0.690. The molecule has 8 heteroatoms. The van der Waals surface area contributed by atoms with Gasteiger partial charge in [-0.05, 0) is 0 Å². The van der Waals surface area contributed by atoms with E-state index < -0.39 is 6.09 Å². The van der Waals surface area contributed by atoms with Gasteiger partial charge in [-0.1, -0.05) is 0 Å². The number of hydrogen-bond donors (Lipinski definition) is 2. The van der Waals surface area contributed by atoms with Crippen molar-refractivity contribution in [1.82, 2.24) is 14.5 Å². The molecule has 1 aromatic heterocycles. The minimum atomic E-state index is -0.690. The minimum absolute atomic E-state index is 0.0336. The first-order chi connectivity index (χ1) is 8.99. The van der Waals surface area contributed by atoms with Crippen molar-refractivity contribution in [3.63, 3.8) is 0 Å². The highest BCUT2D eigenvalue weighted by Crippen LogP contribution is 2.19. The summed E-state index contributed by atoms with van der Waals surface area (Å²) in [5, 5.41) is 18.7. The van der Waals surface area contributed by atoms with Crippen molar-refractivity contribution in [2.45, 2.75) is 6.92 Å². The standard InChI is InChI=1S/C11H15N3O5/c1-8(15)12-4-6-13(7-5-12)11(18)19-14-9(16)2-3-10(14)17/h2-3,16-17H,4-7H2,1H3. The lowest BCUT2D eigenvalue weighted by atomic mass is 10.3. The number of carbonyl (C=O) groups excluding carboxylic acids is 2. The summed E-state index contributed by atoms with van der Waals surface area (Å²) < 4.78 is 0.639. The van der Waals surface area contributed by atoms with E-state index >= 15 is 0 Å². The SMILES string of the molecule is CC(=O)N1CCN(C(=O)On2c(O)ccc2O)CC1. The Balaban J connectivity index is 1.93. The van der Waals surface area contributed by atoms with Crippen LogP contribution in [0.5, 0.6) is 11.8 Å². The first kappa shape index (κ1) is 13.1. The van der Waals surface area contributed by atoms with Crippen LogP contribution in [-0.4, -0.2) is 62.9 Å². The second kappa shape index (κ2) is 5.09. The molecular weight excluding hydrogens is 254 g/mol. The van der Waals surface area contributed by atoms with Crippen molar-refractivity contribution < 1.29 is 24.6 Å². The van der Waals surface area contributed by atoms with Gasteiger partial charge in [-0.25, -0.2) is 4.79 Å². The van der Waals surface area contributed by atoms with Gasteiger partial charge in [0.15, 0.2) is 0 Å². The number of nitrogens with zero attached hydrogens (tertiary/aromatic N) is 3. The third-order valence-electron chi connectivity index (χ3n) is 2.95. The van der Waals surface area contributed by atoms with Crippen molar-refractivity contribution >= 4 is 12.0 Å². The quantitative estimate of drug-likeness (QED) is 0.724. The molecule has 0 aliphatic carbocycles. The van der Waals surface area contributed by atoms with E-state index in [0.29, 0.717) is 30.9 Å². The van der Waals surface area contributed by atoms with Gasteiger partial charge < -0.3 is 24.9 Å². The van der Waals surface area contributed by atoms with Crippen molar-refractivity contribution in [3.05, 3.63) is 12.1 Å². The monoisotopic (exact) mass is 269 g/mol. The number of rotatable bonds is 1. The summed E-state index contributed by atoms with van der Waals surface area (Å²) >= 11 is 0. The lowest BCUT2D eigenvalue weighted by Crippen LogP contribution is -2.51. The number of carbonyl (C=O) groups is 2. The molecule has 104 valence electrons. The molecule has 2 heterocycles. The van der Waals surface area contributed by atoms with Crippen LogP contribution < -0.4 is 4.84 Å². The van der Waals surface area contributed by atoms with Crippen LogP contribution in [-0.2, 0) is 4.79 Å². The zero-order chi connectivity index (χ0) is 14.0.